The van der Waals surface area contributed by atoms with Crippen LogP contribution in [0, 0.1) is 0 Å². The smallest absolute Gasteiger partial charge is 0.225 e. The van der Waals surface area contributed by atoms with Crippen LogP contribution in [0.25, 0.3) is 0 Å². The van der Waals surface area contributed by atoms with Crippen LogP contribution in [0.2, 0.25) is 0 Å². The van der Waals surface area contributed by atoms with Crippen molar-refractivity contribution in [2.75, 3.05) is 36.5 Å². The number of benzene rings is 1. The Hall–Kier alpha value is -1.24. The fourth-order valence-corrected chi connectivity index (χ4v) is 2.95. The van der Waals surface area contributed by atoms with Crippen molar-refractivity contribution in [2.24, 2.45) is 5.73 Å². The van der Waals surface area contributed by atoms with E-state index in [0.29, 0.717) is 19.6 Å². The Balaban J connectivity index is 1.78. The number of carbonyl (C=O) groups is 1. The van der Waals surface area contributed by atoms with Crippen molar-refractivity contribution in [3.8, 4) is 5.75 Å². The van der Waals surface area contributed by atoms with Gasteiger partial charge >= 0.3 is 0 Å². The van der Waals surface area contributed by atoms with Crippen molar-refractivity contribution >= 4 is 23.4 Å². The van der Waals surface area contributed by atoms with Gasteiger partial charge in [-0.3, -0.25) is 4.79 Å². The third-order valence-corrected chi connectivity index (χ3v) is 4.09. The lowest BCUT2D eigenvalue weighted by Crippen LogP contribution is -2.39. The fraction of sp³-hybridized carbons (Fsp3) is 0.500. The molecule has 4 N–H and O–H groups in total. The maximum Gasteiger partial charge on any atom is 0.225 e. The minimum atomic E-state index is 0.0422. The molecule has 5 nitrogen and oxygen atoms in total. The van der Waals surface area contributed by atoms with Gasteiger partial charge in [-0.1, -0.05) is 0 Å². The Morgan fingerprint density at radius 1 is 1.45 bits per heavy atom. The molecule has 1 saturated heterocycles. The van der Waals surface area contributed by atoms with Crippen molar-refractivity contribution in [1.82, 2.24) is 5.32 Å². The summed E-state index contributed by atoms with van der Waals surface area (Å²) in [6, 6.07) is 7.63. The number of anilines is 1. The molecule has 0 aromatic heterocycles. The topological polar surface area (TPSA) is 76.4 Å². The molecule has 0 spiro atoms. The lowest BCUT2D eigenvalue weighted by molar-refractivity contribution is -0.116. The van der Waals surface area contributed by atoms with E-state index in [1.54, 1.807) is 0 Å². The third kappa shape index (κ3) is 5.03. The molecular formula is C14H21N3O2S. The first-order valence-electron chi connectivity index (χ1n) is 6.82. The predicted molar refractivity (Wildman–Crippen MR) is 83.4 cm³/mol. The fourth-order valence-electron chi connectivity index (χ4n) is 2.00. The zero-order valence-electron chi connectivity index (χ0n) is 11.4. The van der Waals surface area contributed by atoms with E-state index in [9.17, 15) is 4.79 Å². The van der Waals surface area contributed by atoms with E-state index in [2.05, 4.69) is 10.6 Å². The highest BCUT2D eigenvalue weighted by molar-refractivity contribution is 7.99. The van der Waals surface area contributed by atoms with Gasteiger partial charge in [0.05, 0.1) is 0 Å². The number of carbonyl (C=O) groups excluding carboxylic acids is 1. The third-order valence-electron chi connectivity index (χ3n) is 2.95. The lowest BCUT2D eigenvalue weighted by atomic mass is 10.2. The summed E-state index contributed by atoms with van der Waals surface area (Å²) in [6.45, 7) is 1.97. The Bertz CT molecular complexity index is 419. The van der Waals surface area contributed by atoms with Gasteiger partial charge in [0.15, 0.2) is 0 Å². The standard InChI is InChI=1S/C14H21N3O2S/c15-5-7-19-13-3-1-11(2-4-13)17-14(18)9-12-10-20-8-6-16-12/h1-4,12,16H,5-10,15H2,(H,17,18). The summed E-state index contributed by atoms with van der Waals surface area (Å²) in [7, 11) is 0. The summed E-state index contributed by atoms with van der Waals surface area (Å²) in [5.41, 5.74) is 6.16. The average molecular weight is 295 g/mol. The summed E-state index contributed by atoms with van der Waals surface area (Å²) >= 11 is 1.89. The van der Waals surface area contributed by atoms with Crippen molar-refractivity contribution < 1.29 is 9.53 Å². The van der Waals surface area contributed by atoms with Gasteiger partial charge in [-0.15, -0.1) is 0 Å². The molecule has 1 aliphatic rings. The first-order chi connectivity index (χ1) is 9.78. The highest BCUT2D eigenvalue weighted by atomic mass is 32.2. The van der Waals surface area contributed by atoms with E-state index >= 15 is 0 Å². The number of ether oxygens (including phenoxy) is 1. The molecule has 2 rings (SSSR count). The van der Waals surface area contributed by atoms with Crippen LogP contribution in [0.15, 0.2) is 24.3 Å². The SMILES string of the molecule is NCCOc1ccc(NC(=O)CC2CSCCN2)cc1. The van der Waals surface area contributed by atoms with E-state index in [0.717, 1.165) is 29.5 Å². The van der Waals surface area contributed by atoms with Crippen LogP contribution in [0.5, 0.6) is 5.75 Å². The number of thioether (sulfide) groups is 1. The van der Waals surface area contributed by atoms with Crippen molar-refractivity contribution in [1.29, 1.82) is 0 Å². The summed E-state index contributed by atoms with van der Waals surface area (Å²) in [4.78, 5) is 11.9. The van der Waals surface area contributed by atoms with E-state index in [-0.39, 0.29) is 11.9 Å². The molecule has 1 fully saturated rings. The highest BCUT2D eigenvalue weighted by Crippen LogP contribution is 2.16. The maximum atomic E-state index is 11.9. The predicted octanol–water partition coefficient (Wildman–Crippen LogP) is 1.06. The Kier molecular flexibility index (Phi) is 6.17. The minimum Gasteiger partial charge on any atom is -0.492 e. The zero-order chi connectivity index (χ0) is 14.2. The molecule has 110 valence electrons. The normalized spacial score (nSPS) is 18.6. The van der Waals surface area contributed by atoms with E-state index in [1.165, 1.54) is 0 Å². The number of nitrogens with two attached hydrogens (primary N) is 1. The molecule has 1 amide bonds. The van der Waals surface area contributed by atoms with Crippen molar-refractivity contribution in [3.63, 3.8) is 0 Å². The van der Waals surface area contributed by atoms with Gasteiger partial charge in [-0.25, -0.2) is 0 Å². The van der Waals surface area contributed by atoms with Gasteiger partial charge in [0.25, 0.3) is 0 Å². The van der Waals surface area contributed by atoms with Gasteiger partial charge in [-0.2, -0.15) is 11.8 Å². The minimum absolute atomic E-state index is 0.0422. The number of nitrogens with one attached hydrogen (secondary N) is 2. The molecule has 1 heterocycles. The molecule has 0 aliphatic carbocycles. The number of hydrogen-bond acceptors (Lipinski definition) is 5. The zero-order valence-corrected chi connectivity index (χ0v) is 12.2. The summed E-state index contributed by atoms with van der Waals surface area (Å²) in [6.07, 6.45) is 0.512. The van der Waals surface area contributed by atoms with E-state index < -0.39 is 0 Å². The van der Waals surface area contributed by atoms with Gasteiger partial charge in [-0.05, 0) is 24.3 Å². The van der Waals surface area contributed by atoms with Gasteiger partial charge < -0.3 is 21.1 Å². The number of hydrogen-bond donors (Lipinski definition) is 3. The molecule has 0 bridgehead atoms. The lowest BCUT2D eigenvalue weighted by Gasteiger charge is -2.22. The van der Waals surface area contributed by atoms with Crippen LogP contribution in [-0.2, 0) is 4.79 Å². The summed E-state index contributed by atoms with van der Waals surface area (Å²) in [5.74, 6) is 2.93. The van der Waals surface area contributed by atoms with Crippen LogP contribution in [0.1, 0.15) is 6.42 Å². The van der Waals surface area contributed by atoms with Crippen molar-refractivity contribution in [3.05, 3.63) is 24.3 Å². The second kappa shape index (κ2) is 8.14. The first-order valence-corrected chi connectivity index (χ1v) is 7.97. The Morgan fingerprint density at radius 2 is 2.25 bits per heavy atom. The van der Waals surface area contributed by atoms with Gasteiger partial charge in [0.1, 0.15) is 12.4 Å². The quantitative estimate of drug-likeness (QED) is 0.731. The molecule has 0 radical (unpaired) electrons. The average Bonchev–Trinajstić information content (AvgIpc) is 2.47. The van der Waals surface area contributed by atoms with Crippen LogP contribution >= 0.6 is 11.8 Å². The molecule has 6 heteroatoms. The molecule has 1 unspecified atom stereocenters. The van der Waals surface area contributed by atoms with E-state index in [1.807, 2.05) is 36.0 Å². The van der Waals surface area contributed by atoms with Gasteiger partial charge in [0, 0.05) is 42.7 Å². The molecule has 1 aromatic carbocycles. The van der Waals surface area contributed by atoms with Crippen LogP contribution in [0.3, 0.4) is 0 Å². The monoisotopic (exact) mass is 295 g/mol. The number of rotatable bonds is 6. The Morgan fingerprint density at radius 3 is 2.90 bits per heavy atom. The highest BCUT2D eigenvalue weighted by Gasteiger charge is 2.16. The molecule has 20 heavy (non-hydrogen) atoms. The largest absolute Gasteiger partial charge is 0.492 e. The maximum absolute atomic E-state index is 11.9. The molecule has 1 atom stereocenters. The van der Waals surface area contributed by atoms with Crippen LogP contribution in [-0.4, -0.2) is 43.2 Å². The molecular weight excluding hydrogens is 274 g/mol. The second-order valence-electron chi connectivity index (χ2n) is 4.64. The second-order valence-corrected chi connectivity index (χ2v) is 5.79. The summed E-state index contributed by atoms with van der Waals surface area (Å²) < 4.78 is 5.39. The van der Waals surface area contributed by atoms with Crippen LogP contribution in [0.4, 0.5) is 5.69 Å². The Labute approximate surface area is 123 Å². The van der Waals surface area contributed by atoms with Gasteiger partial charge in [0.2, 0.25) is 5.91 Å². The molecule has 1 aromatic rings. The number of amides is 1. The molecule has 0 saturated carbocycles. The van der Waals surface area contributed by atoms with Crippen LogP contribution < -0.4 is 21.1 Å². The van der Waals surface area contributed by atoms with Crippen molar-refractivity contribution in [2.45, 2.75) is 12.5 Å². The van der Waals surface area contributed by atoms with E-state index in [4.69, 9.17) is 10.5 Å². The molecule has 1 aliphatic heterocycles. The summed E-state index contributed by atoms with van der Waals surface area (Å²) in [5, 5.41) is 6.26. The first kappa shape index (κ1) is 15.2.